The highest BCUT2D eigenvalue weighted by Gasteiger charge is 2.61. The van der Waals surface area contributed by atoms with Gasteiger partial charge in [-0.2, -0.15) is 0 Å². The second-order valence-electron chi connectivity index (χ2n) is 8.71. The van der Waals surface area contributed by atoms with E-state index in [-0.39, 0.29) is 22.9 Å². The number of amides is 2. The van der Waals surface area contributed by atoms with Gasteiger partial charge in [0.2, 0.25) is 5.91 Å². The van der Waals surface area contributed by atoms with Gasteiger partial charge >= 0.3 is 5.97 Å². The molecule has 37 heavy (non-hydrogen) atoms. The minimum atomic E-state index is -1.17. The van der Waals surface area contributed by atoms with Crippen LogP contribution in [0.3, 0.4) is 0 Å². The standard InChI is InChI=1S/C26H23N3O7S/c1-4-35-26(32)19-14(2)15(3)37-25(19)27-23(30)20-21(16-9-8-12-18(13-16)29(33)34)28(36-22(20)24(27)31)17-10-6-5-7-11-17/h5-13,20-22H,4H2,1-3H3/t20-,21-,22-/m0/s1. The number of hydrogen-bond acceptors (Lipinski definition) is 9. The van der Waals surface area contributed by atoms with Crippen molar-refractivity contribution in [1.82, 2.24) is 0 Å². The molecule has 0 unspecified atom stereocenters. The van der Waals surface area contributed by atoms with E-state index in [0.29, 0.717) is 16.8 Å². The number of nitro groups is 1. The van der Waals surface area contributed by atoms with E-state index >= 15 is 0 Å². The number of nitrogens with zero attached hydrogens (tertiary/aromatic N) is 3. The van der Waals surface area contributed by atoms with Crippen LogP contribution < -0.4 is 9.96 Å². The van der Waals surface area contributed by atoms with E-state index in [2.05, 4.69) is 0 Å². The number of nitro benzene ring substituents is 1. The lowest BCUT2D eigenvalue weighted by atomic mass is 9.90. The summed E-state index contributed by atoms with van der Waals surface area (Å²) in [5.41, 5.74) is 1.72. The maximum absolute atomic E-state index is 13.9. The van der Waals surface area contributed by atoms with Crippen LogP contribution in [0.15, 0.2) is 54.6 Å². The molecule has 2 fully saturated rings. The van der Waals surface area contributed by atoms with Gasteiger partial charge in [-0.05, 0) is 44.0 Å². The zero-order valence-electron chi connectivity index (χ0n) is 20.2. The molecule has 190 valence electrons. The average Bonchev–Trinajstić information content (AvgIpc) is 3.50. The number of carbonyl (C=O) groups is 3. The molecular formula is C26H23N3O7S. The molecule has 2 aliphatic heterocycles. The summed E-state index contributed by atoms with van der Waals surface area (Å²) in [6.45, 7) is 5.37. The molecule has 0 N–H and O–H groups in total. The van der Waals surface area contributed by atoms with Crippen molar-refractivity contribution in [3.63, 3.8) is 0 Å². The first-order chi connectivity index (χ1) is 17.7. The summed E-state index contributed by atoms with van der Waals surface area (Å²) in [5, 5.41) is 13.1. The van der Waals surface area contributed by atoms with Crippen LogP contribution in [0.2, 0.25) is 0 Å². The SMILES string of the molecule is CCOC(=O)c1c(N2C(=O)[C@@H]3[C@H](ON(c4ccccc4)[C@H]3c3cccc([N+](=O)[O-])c3)C2=O)sc(C)c1C. The monoisotopic (exact) mass is 521 g/mol. The summed E-state index contributed by atoms with van der Waals surface area (Å²) < 4.78 is 5.20. The summed E-state index contributed by atoms with van der Waals surface area (Å²) >= 11 is 1.16. The Morgan fingerprint density at radius 2 is 1.84 bits per heavy atom. The van der Waals surface area contributed by atoms with Gasteiger partial charge in [-0.15, -0.1) is 11.3 Å². The zero-order valence-corrected chi connectivity index (χ0v) is 21.1. The van der Waals surface area contributed by atoms with Crippen LogP contribution in [0.1, 0.15) is 39.3 Å². The lowest BCUT2D eigenvalue weighted by Gasteiger charge is -2.28. The lowest BCUT2D eigenvalue weighted by Crippen LogP contribution is -2.37. The smallest absolute Gasteiger partial charge is 0.341 e. The fourth-order valence-electron chi connectivity index (χ4n) is 4.78. The summed E-state index contributed by atoms with van der Waals surface area (Å²) in [7, 11) is 0. The van der Waals surface area contributed by atoms with E-state index in [1.165, 1.54) is 23.3 Å². The molecule has 2 amide bonds. The van der Waals surface area contributed by atoms with Gasteiger partial charge in [0.15, 0.2) is 6.10 Å². The van der Waals surface area contributed by atoms with Gasteiger partial charge < -0.3 is 4.74 Å². The third-order valence-corrected chi connectivity index (χ3v) is 7.79. The Balaban J connectivity index is 1.61. The average molecular weight is 522 g/mol. The van der Waals surface area contributed by atoms with Crippen molar-refractivity contribution < 1.29 is 28.9 Å². The van der Waals surface area contributed by atoms with Crippen molar-refractivity contribution in [3.05, 3.63) is 86.3 Å². The number of para-hydroxylation sites is 1. The van der Waals surface area contributed by atoms with E-state index in [0.717, 1.165) is 21.1 Å². The molecule has 11 heteroatoms. The van der Waals surface area contributed by atoms with Crippen LogP contribution >= 0.6 is 11.3 Å². The third kappa shape index (κ3) is 3.96. The van der Waals surface area contributed by atoms with E-state index in [9.17, 15) is 24.5 Å². The van der Waals surface area contributed by atoms with E-state index < -0.39 is 40.8 Å². The number of ether oxygens (including phenoxy) is 1. The molecule has 0 saturated carbocycles. The number of rotatable bonds is 6. The first-order valence-electron chi connectivity index (χ1n) is 11.6. The molecule has 2 aliphatic rings. The van der Waals surface area contributed by atoms with Crippen LogP contribution in [0.25, 0.3) is 0 Å². The number of esters is 1. The molecule has 0 radical (unpaired) electrons. The fourth-order valence-corrected chi connectivity index (χ4v) is 5.94. The Bertz CT molecular complexity index is 1420. The van der Waals surface area contributed by atoms with Crippen molar-refractivity contribution in [2.45, 2.75) is 32.9 Å². The number of imide groups is 1. The highest BCUT2D eigenvalue weighted by molar-refractivity contribution is 7.17. The predicted molar refractivity (Wildman–Crippen MR) is 135 cm³/mol. The van der Waals surface area contributed by atoms with Crippen molar-refractivity contribution in [1.29, 1.82) is 0 Å². The molecule has 3 atom stereocenters. The second kappa shape index (κ2) is 9.41. The number of benzene rings is 2. The van der Waals surface area contributed by atoms with Gasteiger partial charge in [-0.3, -0.25) is 24.5 Å². The van der Waals surface area contributed by atoms with E-state index in [4.69, 9.17) is 9.57 Å². The quantitative estimate of drug-likeness (QED) is 0.201. The van der Waals surface area contributed by atoms with Gasteiger partial charge in [0.25, 0.3) is 11.6 Å². The Morgan fingerprint density at radius 3 is 2.51 bits per heavy atom. The number of fused-ring (bicyclic) bond motifs is 1. The van der Waals surface area contributed by atoms with Crippen molar-refractivity contribution >= 4 is 45.5 Å². The minimum Gasteiger partial charge on any atom is -0.462 e. The zero-order chi connectivity index (χ0) is 26.4. The summed E-state index contributed by atoms with van der Waals surface area (Å²) in [4.78, 5) is 59.3. The predicted octanol–water partition coefficient (Wildman–Crippen LogP) is 4.50. The highest BCUT2D eigenvalue weighted by atomic mass is 32.1. The third-order valence-electron chi connectivity index (χ3n) is 6.60. The normalized spacial score (nSPS) is 20.9. The van der Waals surface area contributed by atoms with Gasteiger partial charge in [0, 0.05) is 17.0 Å². The number of non-ortho nitro benzene ring substituents is 1. The summed E-state index contributed by atoms with van der Waals surface area (Å²) in [6.07, 6.45) is -1.17. The van der Waals surface area contributed by atoms with Crippen molar-refractivity contribution in [2.75, 3.05) is 16.6 Å². The van der Waals surface area contributed by atoms with Crippen LogP contribution in [-0.2, 0) is 19.2 Å². The first-order valence-corrected chi connectivity index (χ1v) is 12.5. The Hall–Kier alpha value is -4.09. The number of thiophene rings is 1. The Kier molecular flexibility index (Phi) is 6.26. The van der Waals surface area contributed by atoms with Gasteiger partial charge in [-0.25, -0.2) is 14.8 Å². The number of hydroxylamine groups is 1. The van der Waals surface area contributed by atoms with Crippen LogP contribution in [0.5, 0.6) is 0 Å². The maximum Gasteiger partial charge on any atom is 0.341 e. The van der Waals surface area contributed by atoms with Gasteiger partial charge in [0.05, 0.1) is 28.8 Å². The first kappa shape index (κ1) is 24.6. The Morgan fingerprint density at radius 1 is 1.11 bits per heavy atom. The van der Waals surface area contributed by atoms with E-state index in [1.54, 1.807) is 51.1 Å². The molecule has 3 aromatic rings. The summed E-state index contributed by atoms with van der Waals surface area (Å²) in [5.74, 6) is -2.75. The van der Waals surface area contributed by atoms with Crippen LogP contribution in [-0.4, -0.2) is 35.4 Å². The molecule has 2 aromatic carbocycles. The van der Waals surface area contributed by atoms with Gasteiger partial charge in [-0.1, -0.05) is 30.3 Å². The largest absolute Gasteiger partial charge is 0.462 e. The van der Waals surface area contributed by atoms with Crippen LogP contribution in [0, 0.1) is 29.9 Å². The molecular weight excluding hydrogens is 498 g/mol. The fraction of sp³-hybridized carbons (Fsp3) is 0.269. The Labute approximate surface area is 216 Å². The molecule has 0 bridgehead atoms. The molecule has 3 heterocycles. The molecule has 1 aromatic heterocycles. The lowest BCUT2D eigenvalue weighted by molar-refractivity contribution is -0.384. The van der Waals surface area contributed by atoms with Crippen molar-refractivity contribution in [3.8, 4) is 0 Å². The topological polar surface area (TPSA) is 119 Å². The van der Waals surface area contributed by atoms with Crippen LogP contribution in [0.4, 0.5) is 16.4 Å². The summed E-state index contributed by atoms with van der Waals surface area (Å²) in [6, 6.07) is 14.1. The molecule has 0 spiro atoms. The molecule has 10 nitrogen and oxygen atoms in total. The molecule has 0 aliphatic carbocycles. The molecule has 5 rings (SSSR count). The maximum atomic E-state index is 13.9. The number of anilines is 2. The number of hydrogen-bond donors (Lipinski definition) is 0. The highest BCUT2D eigenvalue weighted by Crippen LogP contribution is 2.49. The number of aryl methyl sites for hydroxylation is 1. The minimum absolute atomic E-state index is 0.142. The van der Waals surface area contributed by atoms with Gasteiger partial charge in [0.1, 0.15) is 10.9 Å². The van der Waals surface area contributed by atoms with E-state index in [1.807, 2.05) is 6.07 Å². The number of carbonyl (C=O) groups excluding carboxylic acids is 3. The van der Waals surface area contributed by atoms with Crippen molar-refractivity contribution in [2.24, 2.45) is 5.92 Å². The molecule has 2 saturated heterocycles. The second-order valence-corrected chi connectivity index (χ2v) is 9.91.